The second-order valence-electron chi connectivity index (χ2n) is 4.40. The van der Waals surface area contributed by atoms with Crippen molar-refractivity contribution < 1.29 is 14.6 Å². The molecular formula is C12H17N3O3. The predicted molar refractivity (Wildman–Crippen MR) is 67.9 cm³/mol. The van der Waals surface area contributed by atoms with Gasteiger partial charge in [-0.05, 0) is 25.5 Å². The number of rotatable bonds is 2. The Balaban J connectivity index is 2.30. The van der Waals surface area contributed by atoms with E-state index < -0.39 is 5.97 Å². The summed E-state index contributed by atoms with van der Waals surface area (Å²) >= 11 is 0. The molecule has 0 radical (unpaired) electrons. The standard InChI is InChI=1S/C12H17N3O3/c1-8-7-15(5-2-6-18-8)11-9(13)3-4-10(14-11)12(16)17/h3-4,8H,2,5-7,13H2,1H3,(H,16,17). The van der Waals surface area contributed by atoms with Crippen molar-refractivity contribution in [2.24, 2.45) is 0 Å². The zero-order chi connectivity index (χ0) is 13.1. The third kappa shape index (κ3) is 2.70. The molecule has 3 N–H and O–H groups in total. The van der Waals surface area contributed by atoms with Gasteiger partial charge in [-0.3, -0.25) is 0 Å². The Morgan fingerprint density at radius 3 is 3.11 bits per heavy atom. The van der Waals surface area contributed by atoms with Crippen molar-refractivity contribution in [2.75, 3.05) is 30.3 Å². The lowest BCUT2D eigenvalue weighted by Crippen LogP contribution is -2.31. The summed E-state index contributed by atoms with van der Waals surface area (Å²) in [6.45, 7) is 4.12. The third-order valence-electron chi connectivity index (χ3n) is 2.88. The number of nitrogens with zero attached hydrogens (tertiary/aromatic N) is 2. The van der Waals surface area contributed by atoms with E-state index in [1.807, 2.05) is 11.8 Å². The van der Waals surface area contributed by atoms with E-state index in [-0.39, 0.29) is 11.8 Å². The zero-order valence-electron chi connectivity index (χ0n) is 10.3. The van der Waals surface area contributed by atoms with E-state index in [1.165, 1.54) is 6.07 Å². The largest absolute Gasteiger partial charge is 0.477 e. The number of aromatic carboxylic acids is 1. The molecule has 0 amide bonds. The Hall–Kier alpha value is -1.82. The molecule has 2 rings (SSSR count). The van der Waals surface area contributed by atoms with Gasteiger partial charge in [0.15, 0.2) is 11.5 Å². The fraction of sp³-hybridized carbons (Fsp3) is 0.500. The number of pyridine rings is 1. The summed E-state index contributed by atoms with van der Waals surface area (Å²) in [6, 6.07) is 3.00. The van der Waals surface area contributed by atoms with E-state index >= 15 is 0 Å². The van der Waals surface area contributed by atoms with Crippen LogP contribution in [0.3, 0.4) is 0 Å². The van der Waals surface area contributed by atoms with Crippen LogP contribution in [0.15, 0.2) is 12.1 Å². The molecule has 1 aromatic heterocycles. The molecule has 1 atom stereocenters. The van der Waals surface area contributed by atoms with Gasteiger partial charge in [0, 0.05) is 19.7 Å². The fourth-order valence-corrected chi connectivity index (χ4v) is 2.02. The Morgan fingerprint density at radius 2 is 2.39 bits per heavy atom. The van der Waals surface area contributed by atoms with Gasteiger partial charge in [0.05, 0.1) is 11.8 Å². The molecule has 1 unspecified atom stereocenters. The second-order valence-corrected chi connectivity index (χ2v) is 4.40. The molecule has 0 spiro atoms. The van der Waals surface area contributed by atoms with E-state index in [9.17, 15) is 4.79 Å². The van der Waals surface area contributed by atoms with Crippen LogP contribution >= 0.6 is 0 Å². The van der Waals surface area contributed by atoms with Gasteiger partial charge >= 0.3 is 5.97 Å². The van der Waals surface area contributed by atoms with Crippen molar-refractivity contribution in [1.29, 1.82) is 0 Å². The van der Waals surface area contributed by atoms with E-state index in [2.05, 4.69) is 4.98 Å². The normalized spacial score (nSPS) is 20.5. The summed E-state index contributed by atoms with van der Waals surface area (Å²) in [5.41, 5.74) is 6.38. The Kier molecular flexibility index (Phi) is 3.66. The molecular weight excluding hydrogens is 234 g/mol. The summed E-state index contributed by atoms with van der Waals surface area (Å²) < 4.78 is 5.55. The van der Waals surface area contributed by atoms with Gasteiger partial charge in [0.1, 0.15) is 0 Å². The Labute approximate surface area is 105 Å². The van der Waals surface area contributed by atoms with Crippen molar-refractivity contribution in [2.45, 2.75) is 19.4 Å². The van der Waals surface area contributed by atoms with Crippen LogP contribution < -0.4 is 10.6 Å². The summed E-state index contributed by atoms with van der Waals surface area (Å²) in [4.78, 5) is 17.0. The molecule has 98 valence electrons. The van der Waals surface area contributed by atoms with Crippen molar-refractivity contribution in [3.63, 3.8) is 0 Å². The highest BCUT2D eigenvalue weighted by Crippen LogP contribution is 2.23. The molecule has 1 aliphatic heterocycles. The minimum Gasteiger partial charge on any atom is -0.477 e. The van der Waals surface area contributed by atoms with Crippen molar-refractivity contribution in [3.05, 3.63) is 17.8 Å². The molecule has 0 bridgehead atoms. The minimum atomic E-state index is -1.05. The van der Waals surface area contributed by atoms with E-state index in [0.29, 0.717) is 24.7 Å². The quantitative estimate of drug-likeness (QED) is 0.814. The number of carboxylic acids is 1. The summed E-state index contributed by atoms with van der Waals surface area (Å²) in [5, 5.41) is 8.96. The minimum absolute atomic E-state index is 0.0111. The molecule has 0 saturated carbocycles. The molecule has 1 saturated heterocycles. The number of nitrogen functional groups attached to an aromatic ring is 1. The van der Waals surface area contributed by atoms with E-state index in [1.54, 1.807) is 6.07 Å². The first-order valence-electron chi connectivity index (χ1n) is 5.94. The van der Waals surface area contributed by atoms with Gasteiger partial charge in [-0.2, -0.15) is 0 Å². The predicted octanol–water partition coefficient (Wildman–Crippen LogP) is 0.977. The van der Waals surface area contributed by atoms with Crippen LogP contribution in [0.25, 0.3) is 0 Å². The maximum absolute atomic E-state index is 10.9. The molecule has 6 heteroatoms. The summed E-state index contributed by atoms with van der Waals surface area (Å²) in [7, 11) is 0. The number of ether oxygens (including phenoxy) is 1. The number of carboxylic acid groups (broad SMARTS) is 1. The first-order chi connectivity index (χ1) is 8.58. The fourth-order valence-electron chi connectivity index (χ4n) is 2.02. The number of aromatic nitrogens is 1. The molecule has 2 heterocycles. The topological polar surface area (TPSA) is 88.7 Å². The lowest BCUT2D eigenvalue weighted by atomic mass is 10.2. The van der Waals surface area contributed by atoms with Gasteiger partial charge in [-0.25, -0.2) is 9.78 Å². The highest BCUT2D eigenvalue weighted by atomic mass is 16.5. The lowest BCUT2D eigenvalue weighted by molar-refractivity contribution is 0.0690. The lowest BCUT2D eigenvalue weighted by Gasteiger charge is -2.24. The Bertz CT molecular complexity index is 450. The van der Waals surface area contributed by atoms with Gasteiger partial charge in [0.25, 0.3) is 0 Å². The van der Waals surface area contributed by atoms with E-state index in [0.717, 1.165) is 13.0 Å². The third-order valence-corrected chi connectivity index (χ3v) is 2.88. The average molecular weight is 251 g/mol. The van der Waals surface area contributed by atoms with Gasteiger partial charge in [-0.1, -0.05) is 0 Å². The van der Waals surface area contributed by atoms with Crippen LogP contribution in [0.2, 0.25) is 0 Å². The van der Waals surface area contributed by atoms with Crippen molar-refractivity contribution in [1.82, 2.24) is 4.98 Å². The molecule has 18 heavy (non-hydrogen) atoms. The van der Waals surface area contributed by atoms with E-state index in [4.69, 9.17) is 15.6 Å². The van der Waals surface area contributed by atoms with Crippen LogP contribution in [0.4, 0.5) is 11.5 Å². The maximum Gasteiger partial charge on any atom is 0.354 e. The van der Waals surface area contributed by atoms with Crippen LogP contribution in [0.1, 0.15) is 23.8 Å². The second kappa shape index (κ2) is 5.22. The van der Waals surface area contributed by atoms with Crippen LogP contribution in [0, 0.1) is 0 Å². The average Bonchev–Trinajstić information content (AvgIpc) is 2.54. The van der Waals surface area contributed by atoms with Gasteiger partial charge in [-0.15, -0.1) is 0 Å². The monoisotopic (exact) mass is 251 g/mol. The summed E-state index contributed by atoms with van der Waals surface area (Å²) in [6.07, 6.45) is 0.963. The van der Waals surface area contributed by atoms with Crippen LogP contribution in [-0.2, 0) is 4.74 Å². The molecule has 0 aliphatic carbocycles. The number of nitrogens with two attached hydrogens (primary N) is 1. The number of anilines is 2. The maximum atomic E-state index is 10.9. The molecule has 1 aromatic rings. The first-order valence-corrected chi connectivity index (χ1v) is 5.94. The molecule has 1 fully saturated rings. The molecule has 0 aromatic carbocycles. The van der Waals surface area contributed by atoms with Gasteiger partial charge < -0.3 is 20.5 Å². The highest BCUT2D eigenvalue weighted by Gasteiger charge is 2.19. The molecule has 6 nitrogen and oxygen atoms in total. The zero-order valence-corrected chi connectivity index (χ0v) is 10.3. The number of carbonyl (C=O) groups is 1. The van der Waals surface area contributed by atoms with Crippen LogP contribution in [0.5, 0.6) is 0 Å². The first kappa shape index (κ1) is 12.6. The molecule has 1 aliphatic rings. The summed E-state index contributed by atoms with van der Waals surface area (Å²) in [5.74, 6) is -0.511. The SMILES string of the molecule is CC1CN(c2nc(C(=O)O)ccc2N)CCCO1. The number of hydrogen-bond donors (Lipinski definition) is 2. The highest BCUT2D eigenvalue weighted by molar-refractivity contribution is 5.87. The van der Waals surface area contributed by atoms with Crippen molar-refractivity contribution >= 4 is 17.5 Å². The van der Waals surface area contributed by atoms with Crippen LogP contribution in [-0.4, -0.2) is 41.9 Å². The Morgan fingerprint density at radius 1 is 1.61 bits per heavy atom. The van der Waals surface area contributed by atoms with Gasteiger partial charge in [0.2, 0.25) is 0 Å². The van der Waals surface area contributed by atoms with Crippen molar-refractivity contribution in [3.8, 4) is 0 Å². The smallest absolute Gasteiger partial charge is 0.354 e. The number of hydrogen-bond acceptors (Lipinski definition) is 5.